The van der Waals surface area contributed by atoms with Gasteiger partial charge in [-0.2, -0.15) is 5.10 Å². The molecule has 0 fully saturated rings. The van der Waals surface area contributed by atoms with Crippen molar-refractivity contribution in [1.29, 1.82) is 0 Å². The van der Waals surface area contributed by atoms with E-state index in [1.807, 2.05) is 24.3 Å². The highest BCUT2D eigenvalue weighted by Gasteiger charge is 2.29. The number of halogens is 2. The predicted molar refractivity (Wildman–Crippen MR) is 172 cm³/mol. The fraction of sp³-hybridized carbons (Fsp3) is 0.152. The molecule has 3 aromatic heterocycles. The van der Waals surface area contributed by atoms with E-state index in [2.05, 4.69) is 36.2 Å². The molecule has 0 spiro atoms. The highest BCUT2D eigenvalue weighted by atomic mass is 19.2. The fourth-order valence-electron chi connectivity index (χ4n) is 5.79. The molecule has 6 aromatic rings. The molecule has 0 unspecified atom stereocenters. The van der Waals surface area contributed by atoms with Gasteiger partial charge in [-0.05, 0) is 70.3 Å². The summed E-state index contributed by atoms with van der Waals surface area (Å²) in [5.41, 5.74) is 3.32. The Hall–Kier alpha value is -6.58. The molecular weight excluding hydrogens is 636 g/mol. The van der Waals surface area contributed by atoms with Crippen LogP contribution >= 0.6 is 0 Å². The summed E-state index contributed by atoms with van der Waals surface area (Å²) in [5, 5.41) is 21.2. The van der Waals surface area contributed by atoms with Crippen molar-refractivity contribution in [2.24, 2.45) is 0 Å². The summed E-state index contributed by atoms with van der Waals surface area (Å²) < 4.78 is 28.4. The van der Waals surface area contributed by atoms with Crippen LogP contribution in [0.4, 0.5) is 14.5 Å². The molecule has 1 atom stereocenters. The summed E-state index contributed by atoms with van der Waals surface area (Å²) >= 11 is 0. The third-order valence-corrected chi connectivity index (χ3v) is 8.33. The van der Waals surface area contributed by atoms with Crippen LogP contribution in [-0.4, -0.2) is 59.7 Å². The molecule has 0 radical (unpaired) electrons. The Morgan fingerprint density at radius 3 is 2.57 bits per heavy atom. The van der Waals surface area contributed by atoms with Crippen LogP contribution in [0.1, 0.15) is 60.5 Å². The molecule has 3 amide bonds. The van der Waals surface area contributed by atoms with Crippen molar-refractivity contribution in [3.63, 3.8) is 0 Å². The SMILES string of the molecule is CN(C(=O)c1cnn2c(C(=O)N[C@H]3CCc4cc(-c5nnnn5N)ccc43)cc(C(=O)NCc3ccc(F)c(F)c3)nc12)c1ccccc1. The number of nitrogens with zero attached hydrogens (tertiary/aromatic N) is 8. The quantitative estimate of drug-likeness (QED) is 0.207. The topological polar surface area (TPSA) is 178 Å². The molecule has 246 valence electrons. The van der Waals surface area contributed by atoms with E-state index in [1.165, 1.54) is 27.7 Å². The molecule has 1 aliphatic rings. The average molecular weight is 664 g/mol. The van der Waals surface area contributed by atoms with Crippen molar-refractivity contribution in [3.8, 4) is 11.4 Å². The van der Waals surface area contributed by atoms with Crippen molar-refractivity contribution in [3.05, 3.63) is 124 Å². The van der Waals surface area contributed by atoms with Crippen molar-refractivity contribution < 1.29 is 23.2 Å². The molecule has 16 heteroatoms. The van der Waals surface area contributed by atoms with E-state index in [4.69, 9.17) is 5.84 Å². The predicted octanol–water partition coefficient (Wildman–Crippen LogP) is 3.00. The zero-order valence-electron chi connectivity index (χ0n) is 25.8. The third kappa shape index (κ3) is 5.90. The van der Waals surface area contributed by atoms with E-state index in [-0.39, 0.29) is 35.2 Å². The molecule has 0 aliphatic heterocycles. The number of carbonyl (C=O) groups is 3. The number of hydrogen-bond acceptors (Lipinski definition) is 9. The minimum atomic E-state index is -1.06. The number of para-hydroxylation sites is 1. The van der Waals surface area contributed by atoms with Crippen molar-refractivity contribution in [1.82, 2.24) is 45.5 Å². The van der Waals surface area contributed by atoms with Gasteiger partial charge in [-0.3, -0.25) is 14.4 Å². The number of rotatable bonds is 8. The number of carbonyl (C=O) groups excluding carboxylic acids is 3. The maximum atomic E-state index is 13.9. The number of fused-ring (bicyclic) bond motifs is 2. The van der Waals surface area contributed by atoms with Crippen molar-refractivity contribution >= 4 is 29.1 Å². The Morgan fingerprint density at radius 2 is 1.82 bits per heavy atom. The smallest absolute Gasteiger partial charge is 0.270 e. The van der Waals surface area contributed by atoms with Gasteiger partial charge >= 0.3 is 0 Å². The normalized spacial score (nSPS) is 13.7. The number of anilines is 1. The number of nitrogens with two attached hydrogens (primary N) is 1. The number of nitrogens with one attached hydrogen (secondary N) is 2. The van der Waals surface area contributed by atoms with Crippen LogP contribution in [0, 0.1) is 11.6 Å². The lowest BCUT2D eigenvalue weighted by molar-refractivity contribution is 0.0927. The lowest BCUT2D eigenvalue weighted by Crippen LogP contribution is -2.31. The number of hydrogen-bond donors (Lipinski definition) is 3. The molecule has 3 heterocycles. The minimum absolute atomic E-state index is 0.0191. The summed E-state index contributed by atoms with van der Waals surface area (Å²) in [6, 6.07) is 18.7. The number of benzene rings is 3. The Labute approximate surface area is 276 Å². The standard InChI is InChI=1S/C33H27F2N11O3/c1-44(21-5-3-2-4-6-21)33(49)23-17-38-45-28(15-27(39-30(23)45)31(47)37-16-18-7-11-24(34)25(35)13-18)32(48)40-26-12-9-19-14-20(8-10-22(19)26)29-41-42-43-46(29)36/h2-8,10-11,13-15,17,26H,9,12,16,36H2,1H3,(H,37,47)(H,40,48)/t26-/m0/s1. The van der Waals surface area contributed by atoms with E-state index in [0.29, 0.717) is 29.9 Å². The maximum Gasteiger partial charge on any atom is 0.270 e. The summed E-state index contributed by atoms with van der Waals surface area (Å²) in [6.45, 7) is -0.149. The van der Waals surface area contributed by atoms with E-state index in [0.717, 1.165) is 33.6 Å². The monoisotopic (exact) mass is 663 g/mol. The van der Waals surface area contributed by atoms with E-state index in [1.54, 1.807) is 31.3 Å². The number of aromatic nitrogens is 7. The number of nitrogen functional groups attached to an aromatic ring is 1. The van der Waals surface area contributed by atoms with Gasteiger partial charge in [-0.1, -0.05) is 36.4 Å². The number of aryl methyl sites for hydroxylation is 1. The van der Waals surface area contributed by atoms with E-state index in [9.17, 15) is 23.2 Å². The number of amides is 3. The van der Waals surface area contributed by atoms with Crippen LogP contribution in [0.2, 0.25) is 0 Å². The molecule has 49 heavy (non-hydrogen) atoms. The molecule has 0 bridgehead atoms. The maximum absolute atomic E-state index is 13.9. The first kappa shape index (κ1) is 31.0. The Bertz CT molecular complexity index is 2250. The van der Waals surface area contributed by atoms with E-state index < -0.39 is 29.4 Å². The second kappa shape index (κ2) is 12.6. The molecule has 3 aromatic carbocycles. The van der Waals surface area contributed by atoms with Gasteiger partial charge in [0, 0.05) is 30.9 Å². The van der Waals surface area contributed by atoms with Gasteiger partial charge in [0.25, 0.3) is 17.7 Å². The summed E-state index contributed by atoms with van der Waals surface area (Å²) in [4.78, 5) is 47.9. The number of tetrazole rings is 1. The van der Waals surface area contributed by atoms with Crippen LogP contribution in [0.15, 0.2) is 79.0 Å². The second-order valence-corrected chi connectivity index (χ2v) is 11.4. The molecule has 0 saturated heterocycles. The van der Waals surface area contributed by atoms with Gasteiger partial charge < -0.3 is 21.4 Å². The molecule has 1 aliphatic carbocycles. The first-order valence-corrected chi connectivity index (χ1v) is 15.1. The van der Waals surface area contributed by atoms with Gasteiger partial charge in [0.2, 0.25) is 5.82 Å². The second-order valence-electron chi connectivity index (χ2n) is 11.4. The summed E-state index contributed by atoms with van der Waals surface area (Å²) in [5.74, 6) is 2.39. The Morgan fingerprint density at radius 1 is 1.00 bits per heavy atom. The minimum Gasteiger partial charge on any atom is -0.347 e. The van der Waals surface area contributed by atoms with Gasteiger partial charge in [-0.25, -0.2) is 18.3 Å². The third-order valence-electron chi connectivity index (χ3n) is 8.33. The highest BCUT2D eigenvalue weighted by Crippen LogP contribution is 2.34. The van der Waals surface area contributed by atoms with Crippen molar-refractivity contribution in [2.75, 3.05) is 17.8 Å². The van der Waals surface area contributed by atoms with Gasteiger partial charge in [0.1, 0.15) is 17.0 Å². The van der Waals surface area contributed by atoms with Gasteiger partial charge in [0.05, 0.1) is 12.2 Å². The fourth-order valence-corrected chi connectivity index (χ4v) is 5.79. The lowest BCUT2D eigenvalue weighted by atomic mass is 10.0. The van der Waals surface area contributed by atoms with Crippen LogP contribution in [-0.2, 0) is 13.0 Å². The largest absolute Gasteiger partial charge is 0.347 e. The molecule has 14 nitrogen and oxygen atoms in total. The lowest BCUT2D eigenvalue weighted by Gasteiger charge is -2.17. The Kier molecular flexibility index (Phi) is 7.95. The highest BCUT2D eigenvalue weighted by molar-refractivity contribution is 6.10. The average Bonchev–Trinajstić information content (AvgIpc) is 3.86. The van der Waals surface area contributed by atoms with Crippen LogP contribution in [0.3, 0.4) is 0 Å². The van der Waals surface area contributed by atoms with E-state index >= 15 is 0 Å². The van der Waals surface area contributed by atoms with Gasteiger partial charge in [-0.15, -0.1) is 9.89 Å². The van der Waals surface area contributed by atoms with Crippen LogP contribution in [0.5, 0.6) is 0 Å². The molecule has 0 saturated carbocycles. The first-order chi connectivity index (χ1) is 23.7. The zero-order chi connectivity index (χ0) is 34.2. The molecule has 4 N–H and O–H groups in total. The van der Waals surface area contributed by atoms with Gasteiger partial charge in [0.15, 0.2) is 17.3 Å². The first-order valence-electron chi connectivity index (χ1n) is 15.1. The molecular formula is C33H27F2N11O3. The van der Waals surface area contributed by atoms with Crippen LogP contribution < -0.4 is 21.4 Å². The van der Waals surface area contributed by atoms with Crippen molar-refractivity contribution in [2.45, 2.75) is 25.4 Å². The Balaban J connectivity index is 1.21. The summed E-state index contributed by atoms with van der Waals surface area (Å²) in [6.07, 6.45) is 2.55. The molecule has 7 rings (SSSR count). The zero-order valence-corrected chi connectivity index (χ0v) is 25.8. The summed E-state index contributed by atoms with van der Waals surface area (Å²) in [7, 11) is 1.59. The van der Waals surface area contributed by atoms with Crippen LogP contribution in [0.25, 0.3) is 17.0 Å².